The maximum atomic E-state index is 12.9. The molecule has 132 valence electrons. The number of H-pyrrole nitrogens is 2. The second-order valence-corrected chi connectivity index (χ2v) is 7.51. The topological polar surface area (TPSA) is 74.4 Å². The average molecular weight is 372 g/mol. The third kappa shape index (κ3) is 2.57. The number of rotatable bonds is 2. The number of fused-ring (bicyclic) bond motifs is 2. The van der Waals surface area contributed by atoms with E-state index in [0.717, 1.165) is 27.0 Å². The van der Waals surface area contributed by atoms with Crippen LogP contribution in [0, 0.1) is 13.8 Å². The van der Waals surface area contributed by atoms with Gasteiger partial charge >= 0.3 is 0 Å². The molecule has 2 N–H and O–H groups in total. The van der Waals surface area contributed by atoms with Crippen molar-refractivity contribution in [3.63, 3.8) is 0 Å². The maximum absolute atomic E-state index is 12.9. The molecule has 4 aromatic heterocycles. The van der Waals surface area contributed by atoms with Gasteiger partial charge in [0.15, 0.2) is 5.82 Å². The Morgan fingerprint density at radius 2 is 1.89 bits per heavy atom. The Labute approximate surface area is 158 Å². The zero-order valence-electron chi connectivity index (χ0n) is 14.8. The Morgan fingerprint density at radius 3 is 2.74 bits per heavy atom. The summed E-state index contributed by atoms with van der Waals surface area (Å²) in [6.45, 7) is 4.16. The van der Waals surface area contributed by atoms with Crippen LogP contribution in [0.15, 0.2) is 52.8 Å². The molecule has 4 heterocycles. The van der Waals surface area contributed by atoms with Crippen molar-refractivity contribution in [1.29, 1.82) is 0 Å². The second kappa shape index (κ2) is 5.89. The van der Waals surface area contributed by atoms with Crippen LogP contribution in [0.5, 0.6) is 0 Å². The normalized spacial score (nSPS) is 11.5. The van der Waals surface area contributed by atoms with Gasteiger partial charge in [-0.05, 0) is 48.7 Å². The minimum atomic E-state index is -0.141. The fourth-order valence-electron chi connectivity index (χ4n) is 3.25. The van der Waals surface area contributed by atoms with E-state index >= 15 is 0 Å². The van der Waals surface area contributed by atoms with Crippen LogP contribution < -0.4 is 5.56 Å². The molecule has 5 rings (SSSR count). The molecule has 27 heavy (non-hydrogen) atoms. The van der Waals surface area contributed by atoms with Gasteiger partial charge in [-0.3, -0.25) is 4.79 Å². The van der Waals surface area contributed by atoms with E-state index < -0.39 is 0 Å². The van der Waals surface area contributed by atoms with Crippen molar-refractivity contribution in [2.24, 2.45) is 0 Å². The third-order valence-corrected chi connectivity index (χ3v) is 5.79. The summed E-state index contributed by atoms with van der Waals surface area (Å²) < 4.78 is 0. The van der Waals surface area contributed by atoms with Crippen molar-refractivity contribution >= 4 is 32.6 Å². The average Bonchev–Trinajstić information content (AvgIpc) is 3.30. The van der Waals surface area contributed by atoms with Crippen molar-refractivity contribution in [3.8, 4) is 22.6 Å². The van der Waals surface area contributed by atoms with E-state index in [2.05, 4.69) is 52.0 Å². The first-order chi connectivity index (χ1) is 13.1. The predicted molar refractivity (Wildman–Crippen MR) is 110 cm³/mol. The van der Waals surface area contributed by atoms with Gasteiger partial charge in [-0.1, -0.05) is 18.2 Å². The number of benzene rings is 1. The lowest BCUT2D eigenvalue weighted by molar-refractivity contribution is 1.16. The summed E-state index contributed by atoms with van der Waals surface area (Å²) in [5.74, 6) is 0.484. The smallest absolute Gasteiger partial charge is 0.260 e. The van der Waals surface area contributed by atoms with Crippen LogP contribution in [0.3, 0.4) is 0 Å². The van der Waals surface area contributed by atoms with Crippen molar-refractivity contribution in [3.05, 3.63) is 69.5 Å². The van der Waals surface area contributed by atoms with Gasteiger partial charge in [0, 0.05) is 22.5 Å². The fourth-order valence-corrected chi connectivity index (χ4v) is 4.20. The lowest BCUT2D eigenvalue weighted by atomic mass is 10.0. The zero-order chi connectivity index (χ0) is 18.5. The standard InChI is InChI=1S/C21H16N4OS/c1-11-3-4-14(9-12(11)2)15-10-27-21-17(15)20(26)24-19(25-21)16-6-5-13-7-8-22-18(13)23-16/h3-10H,1-2H3,(H,22,23)(H,24,25,26). The first kappa shape index (κ1) is 16.0. The molecule has 0 saturated heterocycles. The Kier molecular flexibility index (Phi) is 3.48. The molecule has 6 heteroatoms. The maximum Gasteiger partial charge on any atom is 0.260 e. The Bertz CT molecular complexity index is 1380. The van der Waals surface area contributed by atoms with Gasteiger partial charge in [-0.15, -0.1) is 11.3 Å². The lowest BCUT2D eigenvalue weighted by Crippen LogP contribution is -2.09. The molecule has 0 radical (unpaired) electrons. The summed E-state index contributed by atoms with van der Waals surface area (Å²) >= 11 is 1.48. The van der Waals surface area contributed by atoms with Crippen molar-refractivity contribution in [2.75, 3.05) is 0 Å². The molecule has 5 aromatic rings. The lowest BCUT2D eigenvalue weighted by Gasteiger charge is -2.05. The van der Waals surface area contributed by atoms with Gasteiger partial charge in [-0.2, -0.15) is 0 Å². The van der Waals surface area contributed by atoms with E-state index in [4.69, 9.17) is 0 Å². The Morgan fingerprint density at radius 1 is 1.00 bits per heavy atom. The zero-order valence-corrected chi connectivity index (χ0v) is 15.6. The summed E-state index contributed by atoms with van der Waals surface area (Å²) in [7, 11) is 0. The molecule has 0 spiro atoms. The van der Waals surface area contributed by atoms with Gasteiger partial charge in [0.2, 0.25) is 0 Å². The van der Waals surface area contributed by atoms with Gasteiger partial charge < -0.3 is 9.97 Å². The number of nitrogens with one attached hydrogen (secondary N) is 2. The summed E-state index contributed by atoms with van der Waals surface area (Å²) in [4.78, 5) is 28.8. The van der Waals surface area contributed by atoms with E-state index in [1.807, 2.05) is 29.8 Å². The monoisotopic (exact) mass is 372 g/mol. The van der Waals surface area contributed by atoms with E-state index in [-0.39, 0.29) is 5.56 Å². The highest BCUT2D eigenvalue weighted by atomic mass is 32.1. The number of nitrogens with zero attached hydrogens (tertiary/aromatic N) is 2. The molecule has 0 unspecified atom stereocenters. The minimum Gasteiger partial charge on any atom is -0.346 e. The van der Waals surface area contributed by atoms with Crippen LogP contribution in [0.25, 0.3) is 43.9 Å². The number of hydrogen-bond donors (Lipinski definition) is 2. The molecule has 0 atom stereocenters. The number of aromatic nitrogens is 4. The minimum absolute atomic E-state index is 0.141. The van der Waals surface area contributed by atoms with Crippen molar-refractivity contribution in [2.45, 2.75) is 13.8 Å². The third-order valence-electron chi connectivity index (χ3n) is 4.91. The van der Waals surface area contributed by atoms with Gasteiger partial charge in [0.05, 0.1) is 5.39 Å². The highest BCUT2D eigenvalue weighted by molar-refractivity contribution is 7.17. The van der Waals surface area contributed by atoms with Gasteiger partial charge in [0.25, 0.3) is 5.56 Å². The molecule has 0 fully saturated rings. The highest BCUT2D eigenvalue weighted by Crippen LogP contribution is 2.32. The van der Waals surface area contributed by atoms with Crippen molar-refractivity contribution < 1.29 is 0 Å². The number of hydrogen-bond acceptors (Lipinski definition) is 4. The highest BCUT2D eigenvalue weighted by Gasteiger charge is 2.15. The fraction of sp³-hybridized carbons (Fsp3) is 0.0952. The number of aromatic amines is 2. The van der Waals surface area contributed by atoms with Crippen LogP contribution in [0.4, 0.5) is 0 Å². The van der Waals surface area contributed by atoms with Crippen molar-refractivity contribution in [1.82, 2.24) is 19.9 Å². The summed E-state index contributed by atoms with van der Waals surface area (Å²) in [5.41, 5.74) is 5.68. The molecular formula is C21H16N4OS. The summed E-state index contributed by atoms with van der Waals surface area (Å²) in [6, 6.07) is 12.1. The van der Waals surface area contributed by atoms with Crippen LogP contribution in [-0.4, -0.2) is 19.9 Å². The quantitative estimate of drug-likeness (QED) is 0.467. The molecule has 5 nitrogen and oxygen atoms in total. The molecular weight excluding hydrogens is 356 g/mol. The van der Waals surface area contributed by atoms with E-state index in [0.29, 0.717) is 16.9 Å². The van der Waals surface area contributed by atoms with Gasteiger partial charge in [-0.25, -0.2) is 9.97 Å². The molecule has 0 bridgehead atoms. The van der Waals surface area contributed by atoms with Gasteiger partial charge in [0.1, 0.15) is 16.2 Å². The molecule has 0 aliphatic heterocycles. The van der Waals surface area contributed by atoms with E-state index in [1.54, 1.807) is 0 Å². The molecule has 0 aliphatic carbocycles. The van der Waals surface area contributed by atoms with Crippen LogP contribution in [0.1, 0.15) is 11.1 Å². The Hall–Kier alpha value is -3.25. The van der Waals surface area contributed by atoms with Crippen LogP contribution in [0.2, 0.25) is 0 Å². The first-order valence-corrected chi connectivity index (χ1v) is 9.52. The summed E-state index contributed by atoms with van der Waals surface area (Å²) in [5, 5.41) is 3.66. The number of thiophene rings is 1. The number of pyridine rings is 1. The molecule has 0 aliphatic rings. The number of aryl methyl sites for hydroxylation is 2. The molecule has 0 amide bonds. The molecule has 0 saturated carbocycles. The summed E-state index contributed by atoms with van der Waals surface area (Å²) in [6.07, 6.45) is 1.84. The molecule has 1 aromatic carbocycles. The SMILES string of the molecule is Cc1ccc(-c2csc3nc(-c4ccc5cc[nH]c5n4)[nH]c(=O)c23)cc1C. The predicted octanol–water partition coefficient (Wildman–Crippen LogP) is 4.81. The largest absolute Gasteiger partial charge is 0.346 e. The van der Waals surface area contributed by atoms with E-state index in [9.17, 15) is 4.79 Å². The first-order valence-electron chi connectivity index (χ1n) is 8.64. The van der Waals surface area contributed by atoms with Crippen LogP contribution in [-0.2, 0) is 0 Å². The van der Waals surface area contributed by atoms with Crippen LogP contribution >= 0.6 is 11.3 Å². The van der Waals surface area contributed by atoms with E-state index in [1.165, 1.54) is 22.5 Å². The second-order valence-electron chi connectivity index (χ2n) is 6.66. The Balaban J connectivity index is 1.68.